The van der Waals surface area contributed by atoms with Gasteiger partial charge in [0.15, 0.2) is 5.65 Å². The molecule has 0 saturated carbocycles. The molecule has 1 aliphatic heterocycles. The van der Waals surface area contributed by atoms with Gasteiger partial charge >= 0.3 is 0 Å². The predicted octanol–water partition coefficient (Wildman–Crippen LogP) is 1.99. The van der Waals surface area contributed by atoms with E-state index in [1.807, 2.05) is 6.07 Å². The number of piperidine rings is 1. The van der Waals surface area contributed by atoms with Crippen LogP contribution in [0.25, 0.3) is 5.65 Å². The number of nitrogens with zero attached hydrogens (tertiary/aromatic N) is 4. The number of hydrogen-bond acceptors (Lipinski definition) is 5. The van der Waals surface area contributed by atoms with Crippen LogP contribution in [0.15, 0.2) is 27.5 Å². The van der Waals surface area contributed by atoms with E-state index in [-0.39, 0.29) is 23.3 Å². The number of aromatic nitrogens is 4. The molecule has 3 aromatic heterocycles. The third-order valence-corrected chi connectivity index (χ3v) is 4.56. The average Bonchev–Trinajstić information content (AvgIpc) is 3.20. The normalized spacial score (nSPS) is 18.0. The van der Waals surface area contributed by atoms with Crippen molar-refractivity contribution in [3.63, 3.8) is 0 Å². The molecule has 1 atom stereocenters. The number of fused-ring (bicyclic) bond motifs is 1. The zero-order valence-electron chi connectivity index (χ0n) is 14.2. The number of aryl methyl sites for hydroxylation is 2. The Morgan fingerprint density at radius 3 is 2.84 bits per heavy atom. The van der Waals surface area contributed by atoms with Crippen LogP contribution in [-0.2, 0) is 0 Å². The minimum absolute atomic E-state index is 0.145. The number of amides is 1. The zero-order valence-corrected chi connectivity index (χ0v) is 14.2. The monoisotopic (exact) mass is 341 g/mol. The minimum Gasteiger partial charge on any atom is -0.351 e. The molecule has 3 aromatic rings. The van der Waals surface area contributed by atoms with Gasteiger partial charge in [-0.25, -0.2) is 9.50 Å². The van der Waals surface area contributed by atoms with Crippen molar-refractivity contribution in [3.05, 3.63) is 51.4 Å². The third-order valence-electron chi connectivity index (χ3n) is 4.56. The molecular formula is C17H19N5O3. The summed E-state index contributed by atoms with van der Waals surface area (Å²) in [5.41, 5.74) is 2.55. The Morgan fingerprint density at radius 2 is 2.08 bits per heavy atom. The zero-order chi connectivity index (χ0) is 17.6. The van der Waals surface area contributed by atoms with E-state index in [0.29, 0.717) is 23.6 Å². The maximum atomic E-state index is 12.8. The van der Waals surface area contributed by atoms with Crippen molar-refractivity contribution >= 4 is 11.6 Å². The minimum atomic E-state index is -0.180. The summed E-state index contributed by atoms with van der Waals surface area (Å²) in [6.45, 7) is 4.21. The predicted molar refractivity (Wildman–Crippen MR) is 89.4 cm³/mol. The topological polar surface area (TPSA) is 96.5 Å². The molecule has 4 rings (SSSR count). The Balaban J connectivity index is 1.73. The first kappa shape index (κ1) is 15.6. The summed E-state index contributed by atoms with van der Waals surface area (Å²) in [7, 11) is 0. The highest BCUT2D eigenvalue weighted by Crippen LogP contribution is 2.31. The van der Waals surface area contributed by atoms with Gasteiger partial charge in [0.25, 0.3) is 11.5 Å². The summed E-state index contributed by atoms with van der Waals surface area (Å²) in [6, 6.07) is 4.83. The Kier molecular flexibility index (Phi) is 3.67. The quantitative estimate of drug-likeness (QED) is 0.769. The standard InChI is InChI=1S/C17H19N5O3/c1-10-8-16(23)22-15(18-10)9-12(19-22)13-5-3-4-6-21(13)17(24)14-7-11(2)20-25-14/h7-9,13,19H,3-6H2,1-2H3/t13-/m0/s1. The second kappa shape index (κ2) is 5.87. The van der Waals surface area contributed by atoms with Crippen molar-refractivity contribution in [2.45, 2.75) is 39.2 Å². The first-order valence-corrected chi connectivity index (χ1v) is 8.36. The highest BCUT2D eigenvalue weighted by Gasteiger charge is 2.32. The van der Waals surface area contributed by atoms with Crippen LogP contribution in [0, 0.1) is 13.8 Å². The second-order valence-corrected chi connectivity index (χ2v) is 6.48. The number of rotatable bonds is 2. The molecule has 0 radical (unpaired) electrons. The summed E-state index contributed by atoms with van der Waals surface area (Å²) >= 11 is 0. The van der Waals surface area contributed by atoms with Gasteiger partial charge in [-0.3, -0.25) is 14.7 Å². The van der Waals surface area contributed by atoms with E-state index in [0.717, 1.165) is 25.0 Å². The van der Waals surface area contributed by atoms with Crippen molar-refractivity contribution in [1.29, 1.82) is 0 Å². The molecule has 0 aromatic carbocycles. The van der Waals surface area contributed by atoms with E-state index in [4.69, 9.17) is 4.52 Å². The van der Waals surface area contributed by atoms with Crippen molar-refractivity contribution in [2.75, 3.05) is 6.54 Å². The molecule has 25 heavy (non-hydrogen) atoms. The fourth-order valence-corrected chi connectivity index (χ4v) is 3.40. The van der Waals surface area contributed by atoms with E-state index in [2.05, 4.69) is 15.2 Å². The number of hydrogen-bond donors (Lipinski definition) is 1. The van der Waals surface area contributed by atoms with Crippen LogP contribution >= 0.6 is 0 Å². The number of carbonyl (C=O) groups excluding carboxylic acids is 1. The van der Waals surface area contributed by atoms with Crippen molar-refractivity contribution in [1.82, 2.24) is 24.7 Å². The Bertz CT molecular complexity index is 999. The van der Waals surface area contributed by atoms with E-state index < -0.39 is 0 Å². The molecule has 0 spiro atoms. The van der Waals surface area contributed by atoms with Crippen molar-refractivity contribution in [3.8, 4) is 0 Å². The van der Waals surface area contributed by atoms with Crippen molar-refractivity contribution < 1.29 is 9.32 Å². The number of H-pyrrole nitrogens is 1. The molecule has 8 nitrogen and oxygen atoms in total. The molecule has 1 amide bonds. The van der Waals surface area contributed by atoms with Crippen LogP contribution in [0.3, 0.4) is 0 Å². The lowest BCUT2D eigenvalue weighted by Gasteiger charge is -2.34. The van der Waals surface area contributed by atoms with Gasteiger partial charge in [0, 0.05) is 30.4 Å². The summed E-state index contributed by atoms with van der Waals surface area (Å²) in [6.07, 6.45) is 2.77. The maximum Gasteiger partial charge on any atom is 0.293 e. The number of nitrogens with one attached hydrogen (secondary N) is 1. The Morgan fingerprint density at radius 1 is 1.24 bits per heavy atom. The molecule has 4 heterocycles. The molecule has 1 N–H and O–H groups in total. The van der Waals surface area contributed by atoms with Gasteiger partial charge in [0.1, 0.15) is 0 Å². The average molecular weight is 341 g/mol. The number of aromatic amines is 1. The van der Waals surface area contributed by atoms with Crippen LogP contribution in [0.1, 0.15) is 52.9 Å². The molecule has 0 bridgehead atoms. The molecule has 130 valence electrons. The van der Waals surface area contributed by atoms with Crippen LogP contribution in [0.2, 0.25) is 0 Å². The Labute approximate surface area is 143 Å². The molecule has 0 aliphatic carbocycles. The van der Waals surface area contributed by atoms with Gasteiger partial charge < -0.3 is 9.42 Å². The fraction of sp³-hybridized carbons (Fsp3) is 0.412. The molecule has 1 aliphatic rings. The second-order valence-electron chi connectivity index (χ2n) is 6.48. The van der Waals surface area contributed by atoms with Gasteiger partial charge in [0.05, 0.1) is 17.4 Å². The van der Waals surface area contributed by atoms with Gasteiger partial charge in [-0.15, -0.1) is 0 Å². The van der Waals surface area contributed by atoms with Crippen LogP contribution < -0.4 is 5.56 Å². The summed E-state index contributed by atoms with van der Waals surface area (Å²) < 4.78 is 6.55. The van der Waals surface area contributed by atoms with E-state index in [9.17, 15) is 9.59 Å². The fourth-order valence-electron chi connectivity index (χ4n) is 3.40. The molecule has 1 fully saturated rings. The summed E-state index contributed by atoms with van der Waals surface area (Å²) in [5, 5.41) is 6.90. The van der Waals surface area contributed by atoms with E-state index >= 15 is 0 Å². The third kappa shape index (κ3) is 2.73. The lowest BCUT2D eigenvalue weighted by atomic mass is 9.99. The smallest absolute Gasteiger partial charge is 0.293 e. The van der Waals surface area contributed by atoms with Crippen LogP contribution in [-0.4, -0.2) is 37.1 Å². The lowest BCUT2D eigenvalue weighted by molar-refractivity contribution is 0.0563. The van der Waals surface area contributed by atoms with Gasteiger partial charge in [-0.2, -0.15) is 0 Å². The lowest BCUT2D eigenvalue weighted by Crippen LogP contribution is -2.38. The van der Waals surface area contributed by atoms with Gasteiger partial charge in [0.2, 0.25) is 5.76 Å². The number of likely N-dealkylation sites (tertiary alicyclic amines) is 1. The van der Waals surface area contributed by atoms with E-state index in [1.165, 1.54) is 10.6 Å². The van der Waals surface area contributed by atoms with E-state index in [1.54, 1.807) is 24.8 Å². The highest BCUT2D eigenvalue weighted by atomic mass is 16.5. The molecule has 1 saturated heterocycles. The maximum absolute atomic E-state index is 12.8. The van der Waals surface area contributed by atoms with Crippen molar-refractivity contribution in [2.24, 2.45) is 0 Å². The molecule has 8 heteroatoms. The summed E-state index contributed by atoms with van der Waals surface area (Å²) in [4.78, 5) is 31.1. The van der Waals surface area contributed by atoms with Crippen LogP contribution in [0.4, 0.5) is 0 Å². The van der Waals surface area contributed by atoms with Gasteiger partial charge in [-0.1, -0.05) is 5.16 Å². The largest absolute Gasteiger partial charge is 0.351 e. The van der Waals surface area contributed by atoms with Crippen LogP contribution in [0.5, 0.6) is 0 Å². The van der Waals surface area contributed by atoms with Gasteiger partial charge in [-0.05, 0) is 33.1 Å². The Hall–Kier alpha value is -2.90. The number of carbonyl (C=O) groups is 1. The SMILES string of the molecule is Cc1cc(C(=O)N2CCCC[C@H]2c2cc3nc(C)cc(=O)n3[nH]2)on1. The first-order chi connectivity index (χ1) is 12.0. The highest BCUT2D eigenvalue weighted by molar-refractivity contribution is 5.91. The summed E-state index contributed by atoms with van der Waals surface area (Å²) in [5.74, 6) is 0.0621. The molecule has 0 unspecified atom stereocenters. The first-order valence-electron chi connectivity index (χ1n) is 8.36. The molecular weight excluding hydrogens is 322 g/mol.